The highest BCUT2D eigenvalue weighted by molar-refractivity contribution is 7.90. The Labute approximate surface area is 290 Å². The first kappa shape index (κ1) is 34.5. The molecule has 3 N–H and O–H groups in total. The van der Waals surface area contributed by atoms with Crippen molar-refractivity contribution in [1.29, 1.82) is 0 Å². The summed E-state index contributed by atoms with van der Waals surface area (Å²) in [5.41, 5.74) is 4.98. The van der Waals surface area contributed by atoms with Crippen LogP contribution in [0.5, 0.6) is 0 Å². The molecule has 6 aliphatic carbocycles. The maximum atomic E-state index is 12.5. The van der Waals surface area contributed by atoms with Gasteiger partial charge in [0.05, 0.1) is 10.8 Å². The Balaban J connectivity index is 1.16. The molecule has 0 radical (unpaired) electrons. The van der Waals surface area contributed by atoms with E-state index in [0.717, 1.165) is 32.1 Å². The highest BCUT2D eigenvalue weighted by atomic mass is 32.2. The van der Waals surface area contributed by atoms with Gasteiger partial charge < -0.3 is 10.4 Å². The molecular formula is C41H60N2O4S. The second-order valence-electron chi connectivity index (χ2n) is 18.3. The standard InChI is InChI=1S/C41H60N2O4S/c1-26(2)30-16-21-41(42-24-25-43-48(46,47)29-12-13-29)23-22-39(6)32(35(30)41)14-15-34-38(5)19-17-31(27-8-10-28(11-9-27)36(44)45)37(3,4)33(38)18-20-40(34,39)7/h8-11,17,29-30,32-35,42-43H,1,12-16,18-25H2,2-7H3,(H,44,45)/t30-,32+,33-,34+,35+,38-,39+,40+,41-/m0/s1. The highest BCUT2D eigenvalue weighted by Crippen LogP contribution is 2.76. The van der Waals surface area contributed by atoms with Gasteiger partial charge in [-0.15, -0.1) is 0 Å². The number of benzene rings is 1. The first-order valence-corrected chi connectivity index (χ1v) is 20.5. The third-order valence-corrected chi connectivity index (χ3v) is 17.9. The van der Waals surface area contributed by atoms with Gasteiger partial charge in [0.1, 0.15) is 0 Å². The average molecular weight is 677 g/mol. The molecule has 5 saturated carbocycles. The van der Waals surface area contributed by atoms with Crippen molar-refractivity contribution in [2.24, 2.45) is 51.2 Å². The number of nitrogens with one attached hydrogen (secondary N) is 2. The zero-order valence-electron chi connectivity index (χ0n) is 30.3. The van der Waals surface area contributed by atoms with E-state index in [2.05, 4.69) is 64.2 Å². The maximum Gasteiger partial charge on any atom is 0.335 e. The van der Waals surface area contributed by atoms with Crippen molar-refractivity contribution in [2.75, 3.05) is 13.1 Å². The molecule has 0 bridgehead atoms. The molecule has 0 unspecified atom stereocenters. The fourth-order valence-electron chi connectivity index (χ4n) is 13.3. The monoisotopic (exact) mass is 676 g/mol. The maximum absolute atomic E-state index is 12.5. The number of hydrogen-bond acceptors (Lipinski definition) is 4. The summed E-state index contributed by atoms with van der Waals surface area (Å²) in [6, 6.07) is 7.55. The lowest BCUT2D eigenvalue weighted by Crippen LogP contribution is -2.68. The molecule has 0 aliphatic heterocycles. The van der Waals surface area contributed by atoms with E-state index in [0.29, 0.717) is 48.2 Å². The molecular weight excluding hydrogens is 617 g/mol. The van der Waals surface area contributed by atoms with E-state index in [-0.39, 0.29) is 32.4 Å². The van der Waals surface area contributed by atoms with E-state index < -0.39 is 16.0 Å². The van der Waals surface area contributed by atoms with E-state index in [1.165, 1.54) is 55.2 Å². The molecule has 264 valence electrons. The summed E-state index contributed by atoms with van der Waals surface area (Å²) in [5.74, 6) is 2.03. The zero-order chi connectivity index (χ0) is 34.5. The third kappa shape index (κ3) is 5.05. The van der Waals surface area contributed by atoms with Crippen LogP contribution in [0.3, 0.4) is 0 Å². The normalized spacial score (nSPS) is 41.7. The Morgan fingerprint density at radius 3 is 2.23 bits per heavy atom. The smallest absolute Gasteiger partial charge is 0.335 e. The number of carboxylic acid groups (broad SMARTS) is 1. The van der Waals surface area contributed by atoms with Crippen molar-refractivity contribution in [1.82, 2.24) is 10.0 Å². The van der Waals surface area contributed by atoms with Gasteiger partial charge in [-0.2, -0.15) is 0 Å². The highest BCUT2D eigenvalue weighted by Gasteiger charge is 2.70. The van der Waals surface area contributed by atoms with E-state index in [1.807, 2.05) is 12.1 Å². The molecule has 0 amide bonds. The summed E-state index contributed by atoms with van der Waals surface area (Å²) < 4.78 is 28.0. The van der Waals surface area contributed by atoms with Crippen LogP contribution < -0.4 is 10.0 Å². The van der Waals surface area contributed by atoms with Gasteiger partial charge in [0, 0.05) is 18.6 Å². The van der Waals surface area contributed by atoms with Gasteiger partial charge in [0.15, 0.2) is 0 Å². The number of carboxylic acids is 1. The topological polar surface area (TPSA) is 95.5 Å². The minimum Gasteiger partial charge on any atom is -0.478 e. The minimum atomic E-state index is -3.17. The van der Waals surface area contributed by atoms with Crippen molar-refractivity contribution in [2.45, 2.75) is 123 Å². The zero-order valence-corrected chi connectivity index (χ0v) is 31.1. The van der Waals surface area contributed by atoms with Crippen LogP contribution in [0.4, 0.5) is 0 Å². The van der Waals surface area contributed by atoms with Gasteiger partial charge in [-0.05, 0) is 152 Å². The number of carbonyl (C=O) groups is 1. The molecule has 1 aromatic rings. The molecule has 48 heavy (non-hydrogen) atoms. The van der Waals surface area contributed by atoms with Gasteiger partial charge in [-0.1, -0.05) is 65.0 Å². The summed E-state index contributed by atoms with van der Waals surface area (Å²) in [6.07, 6.45) is 14.9. The molecule has 6 nitrogen and oxygen atoms in total. The molecule has 0 heterocycles. The van der Waals surface area contributed by atoms with Gasteiger partial charge in [0.25, 0.3) is 0 Å². The van der Waals surface area contributed by atoms with Gasteiger partial charge in [-0.25, -0.2) is 17.9 Å². The Morgan fingerprint density at radius 2 is 1.58 bits per heavy atom. The fraction of sp³-hybridized carbons (Fsp3) is 0.732. The van der Waals surface area contributed by atoms with Crippen molar-refractivity contribution >= 4 is 21.6 Å². The molecule has 5 fully saturated rings. The predicted octanol–water partition coefficient (Wildman–Crippen LogP) is 8.46. The van der Waals surface area contributed by atoms with Crippen LogP contribution in [0.1, 0.15) is 128 Å². The van der Waals surface area contributed by atoms with Crippen LogP contribution >= 0.6 is 0 Å². The number of rotatable bonds is 9. The van der Waals surface area contributed by atoms with Crippen LogP contribution in [0.15, 0.2) is 42.5 Å². The fourth-order valence-corrected chi connectivity index (χ4v) is 14.7. The van der Waals surface area contributed by atoms with Crippen LogP contribution in [0.2, 0.25) is 0 Å². The van der Waals surface area contributed by atoms with Crippen LogP contribution in [0, 0.1) is 51.2 Å². The SMILES string of the molecule is C=C(C)[C@@H]1CC[C@]2(NCCNS(=O)(=O)C3CC3)CC[C@]3(C)[C@H](CC[C@@H]4[C@@]5(C)CC=C(c6ccc(C(=O)O)cc6)C(C)(C)[C@@H]5CC[C@]43C)[C@@H]12. The lowest BCUT2D eigenvalue weighted by atomic mass is 9.33. The summed E-state index contributed by atoms with van der Waals surface area (Å²) in [5, 5.41) is 13.3. The summed E-state index contributed by atoms with van der Waals surface area (Å²) in [6.45, 7) is 20.8. The number of fused-ring (bicyclic) bond motifs is 7. The van der Waals surface area contributed by atoms with Crippen molar-refractivity contribution in [3.8, 4) is 0 Å². The van der Waals surface area contributed by atoms with E-state index in [9.17, 15) is 18.3 Å². The summed E-state index contributed by atoms with van der Waals surface area (Å²) in [7, 11) is -3.17. The van der Waals surface area contributed by atoms with Crippen LogP contribution in [0.25, 0.3) is 5.57 Å². The number of hydrogen-bond donors (Lipinski definition) is 3. The number of allylic oxidation sites excluding steroid dienone is 3. The summed E-state index contributed by atoms with van der Waals surface area (Å²) in [4.78, 5) is 11.5. The molecule has 0 aromatic heterocycles. The molecule has 1 aromatic carbocycles. The summed E-state index contributed by atoms with van der Waals surface area (Å²) >= 11 is 0. The van der Waals surface area contributed by atoms with E-state index >= 15 is 0 Å². The molecule has 7 heteroatoms. The average Bonchev–Trinajstić information content (AvgIpc) is 3.81. The van der Waals surface area contributed by atoms with Gasteiger partial charge in [-0.3, -0.25) is 0 Å². The van der Waals surface area contributed by atoms with Crippen LogP contribution in [-0.4, -0.2) is 43.4 Å². The number of aromatic carboxylic acids is 1. The number of sulfonamides is 1. The van der Waals surface area contributed by atoms with Crippen LogP contribution in [-0.2, 0) is 10.0 Å². The Kier molecular flexibility index (Phi) is 8.28. The van der Waals surface area contributed by atoms with Gasteiger partial charge >= 0.3 is 5.97 Å². The third-order valence-electron chi connectivity index (χ3n) is 16.0. The molecule has 0 saturated heterocycles. The first-order chi connectivity index (χ1) is 22.5. The second kappa shape index (κ2) is 11.5. The van der Waals surface area contributed by atoms with Crippen molar-refractivity contribution < 1.29 is 18.3 Å². The molecule has 7 rings (SSSR count). The molecule has 0 spiro atoms. The quantitative estimate of drug-likeness (QED) is 0.180. The Hall–Kier alpha value is -1.96. The predicted molar refractivity (Wildman–Crippen MR) is 194 cm³/mol. The van der Waals surface area contributed by atoms with Gasteiger partial charge in [0.2, 0.25) is 10.0 Å². The second-order valence-corrected chi connectivity index (χ2v) is 20.4. The molecule has 9 atom stereocenters. The van der Waals surface area contributed by atoms with Crippen molar-refractivity contribution in [3.63, 3.8) is 0 Å². The Morgan fingerprint density at radius 1 is 0.875 bits per heavy atom. The van der Waals surface area contributed by atoms with E-state index in [4.69, 9.17) is 0 Å². The largest absolute Gasteiger partial charge is 0.478 e. The Bertz CT molecular complexity index is 1610. The lowest BCUT2D eigenvalue weighted by Gasteiger charge is -2.72. The first-order valence-electron chi connectivity index (χ1n) is 18.9. The minimum absolute atomic E-state index is 0.0000149. The van der Waals surface area contributed by atoms with Crippen molar-refractivity contribution in [3.05, 3.63) is 53.6 Å². The lowest BCUT2D eigenvalue weighted by molar-refractivity contribution is -0.219. The van der Waals surface area contributed by atoms with E-state index in [1.54, 1.807) is 12.1 Å². The molecule has 6 aliphatic rings.